The summed E-state index contributed by atoms with van der Waals surface area (Å²) in [6.07, 6.45) is 2.26. The van der Waals surface area contributed by atoms with Gasteiger partial charge in [0.15, 0.2) is 0 Å². The van der Waals surface area contributed by atoms with Gasteiger partial charge in [-0.2, -0.15) is 0 Å². The molecule has 0 atom stereocenters. The number of amides is 1. The van der Waals surface area contributed by atoms with Gasteiger partial charge in [0.05, 0.1) is 11.4 Å². The number of rotatable bonds is 7. The minimum absolute atomic E-state index is 0.0488. The molecule has 2 aromatic carbocycles. The van der Waals surface area contributed by atoms with E-state index in [2.05, 4.69) is 19.2 Å². The Morgan fingerprint density at radius 2 is 1.83 bits per heavy atom. The number of hydrogen-bond acceptors (Lipinski definition) is 4. The molecule has 3 N–H and O–H groups in total. The number of hydrogen-bond donors (Lipinski definition) is 2. The fourth-order valence-electron chi connectivity index (χ4n) is 3.93. The van der Waals surface area contributed by atoms with Gasteiger partial charge in [0.1, 0.15) is 0 Å². The first kappa shape index (κ1) is 21.8. The van der Waals surface area contributed by atoms with Gasteiger partial charge in [0.2, 0.25) is 15.9 Å². The quantitative estimate of drug-likeness (QED) is 0.698. The molecule has 3 rings (SSSR count). The number of primary sulfonamides is 1. The number of nitrogens with one attached hydrogen (secondary N) is 1. The molecule has 0 unspecified atom stereocenters. The maximum Gasteiger partial charge on any atom is 0.240 e. The second-order valence-corrected chi connectivity index (χ2v) is 9.28. The summed E-state index contributed by atoms with van der Waals surface area (Å²) in [7, 11) is -3.76. The zero-order valence-corrected chi connectivity index (χ0v) is 18.2. The van der Waals surface area contributed by atoms with Crippen LogP contribution in [0.1, 0.15) is 37.8 Å². The van der Waals surface area contributed by atoms with Crippen molar-refractivity contribution < 1.29 is 13.2 Å². The molecule has 6 nitrogen and oxygen atoms in total. The van der Waals surface area contributed by atoms with Crippen molar-refractivity contribution in [2.24, 2.45) is 5.14 Å². The Morgan fingerprint density at radius 1 is 1.17 bits per heavy atom. The topological polar surface area (TPSA) is 92.5 Å². The minimum Gasteiger partial charge on any atom is -0.311 e. The van der Waals surface area contributed by atoms with E-state index in [1.807, 2.05) is 24.3 Å². The van der Waals surface area contributed by atoms with Crippen LogP contribution in [0.5, 0.6) is 0 Å². The molecule has 0 aliphatic carbocycles. The van der Waals surface area contributed by atoms with Crippen molar-refractivity contribution in [1.29, 1.82) is 0 Å². The van der Waals surface area contributed by atoms with E-state index in [1.54, 1.807) is 17.0 Å². The Bertz CT molecular complexity index is 1000. The average molecular weight is 436 g/mol. The molecule has 1 heterocycles. The van der Waals surface area contributed by atoms with Gasteiger partial charge in [-0.1, -0.05) is 37.6 Å². The van der Waals surface area contributed by atoms with E-state index in [0.717, 1.165) is 29.7 Å². The molecular formula is C21H26ClN3O3S. The highest BCUT2D eigenvalue weighted by Gasteiger charge is 2.31. The molecule has 156 valence electrons. The van der Waals surface area contributed by atoms with Crippen molar-refractivity contribution in [3.8, 4) is 0 Å². The van der Waals surface area contributed by atoms with Crippen molar-refractivity contribution in [3.63, 3.8) is 0 Å². The standard InChI is InChI=1S/C21H26ClN3O3S/c1-3-21(4-2,16-5-7-17(22)8-6-16)24-14-20(26)25-12-11-15-13-18(29(23,27)28)9-10-19(15)25/h5-10,13,24H,3-4,11-12,14H2,1-2H3,(H2,23,27,28). The maximum atomic E-state index is 13.0. The van der Waals surface area contributed by atoms with Crippen LogP contribution in [0.3, 0.4) is 0 Å². The van der Waals surface area contributed by atoms with E-state index in [0.29, 0.717) is 18.0 Å². The lowest BCUT2D eigenvalue weighted by Crippen LogP contribution is -2.47. The fourth-order valence-corrected chi connectivity index (χ4v) is 4.62. The second kappa shape index (κ2) is 8.44. The minimum atomic E-state index is -3.76. The van der Waals surface area contributed by atoms with E-state index in [1.165, 1.54) is 6.07 Å². The van der Waals surface area contributed by atoms with Crippen LogP contribution in [0, 0.1) is 0 Å². The van der Waals surface area contributed by atoms with E-state index in [-0.39, 0.29) is 22.9 Å². The Labute approximate surface area is 177 Å². The summed E-state index contributed by atoms with van der Waals surface area (Å²) in [5.74, 6) is -0.0488. The molecule has 0 bridgehead atoms. The average Bonchev–Trinajstić information content (AvgIpc) is 3.13. The molecule has 0 radical (unpaired) electrons. The van der Waals surface area contributed by atoms with Gasteiger partial charge in [-0.15, -0.1) is 0 Å². The predicted octanol–water partition coefficient (Wildman–Crippen LogP) is 3.18. The highest BCUT2D eigenvalue weighted by molar-refractivity contribution is 7.89. The zero-order chi connectivity index (χ0) is 21.2. The van der Waals surface area contributed by atoms with Crippen LogP contribution < -0.4 is 15.4 Å². The van der Waals surface area contributed by atoms with Gasteiger partial charge in [-0.05, 0) is 60.7 Å². The zero-order valence-electron chi connectivity index (χ0n) is 16.6. The number of sulfonamides is 1. The molecule has 0 spiro atoms. The predicted molar refractivity (Wildman–Crippen MR) is 116 cm³/mol. The Balaban J connectivity index is 1.76. The van der Waals surface area contributed by atoms with Gasteiger partial charge in [-0.3, -0.25) is 10.1 Å². The Morgan fingerprint density at radius 3 is 2.41 bits per heavy atom. The van der Waals surface area contributed by atoms with Gasteiger partial charge in [0, 0.05) is 22.8 Å². The van der Waals surface area contributed by atoms with Crippen LogP contribution in [0.25, 0.3) is 0 Å². The summed E-state index contributed by atoms with van der Waals surface area (Å²) in [6.45, 7) is 4.89. The molecule has 1 aliphatic heterocycles. The molecule has 29 heavy (non-hydrogen) atoms. The molecule has 0 fully saturated rings. The van der Waals surface area contributed by atoms with Crippen molar-refractivity contribution >= 4 is 33.2 Å². The monoisotopic (exact) mass is 435 g/mol. The number of carbonyl (C=O) groups is 1. The van der Waals surface area contributed by atoms with E-state index in [9.17, 15) is 13.2 Å². The molecule has 0 saturated heterocycles. The number of fused-ring (bicyclic) bond motifs is 1. The molecular weight excluding hydrogens is 410 g/mol. The normalized spacial score (nSPS) is 14.1. The molecule has 1 aliphatic rings. The lowest BCUT2D eigenvalue weighted by Gasteiger charge is -2.34. The number of halogens is 1. The van der Waals surface area contributed by atoms with Gasteiger partial charge < -0.3 is 4.90 Å². The van der Waals surface area contributed by atoms with Gasteiger partial charge in [0.25, 0.3) is 0 Å². The summed E-state index contributed by atoms with van der Waals surface area (Å²) >= 11 is 6.02. The van der Waals surface area contributed by atoms with Crippen molar-refractivity contribution in [3.05, 3.63) is 58.6 Å². The molecule has 0 saturated carbocycles. The first-order valence-corrected chi connectivity index (χ1v) is 11.6. The summed E-state index contributed by atoms with van der Waals surface area (Å²) in [5.41, 5.74) is 2.34. The molecule has 2 aromatic rings. The highest BCUT2D eigenvalue weighted by atomic mass is 35.5. The van der Waals surface area contributed by atoms with Crippen molar-refractivity contribution in [2.75, 3.05) is 18.0 Å². The van der Waals surface area contributed by atoms with E-state index < -0.39 is 10.0 Å². The SMILES string of the molecule is CCC(CC)(NCC(=O)N1CCc2cc(S(N)(=O)=O)ccc21)c1ccc(Cl)cc1. The molecule has 8 heteroatoms. The lowest BCUT2D eigenvalue weighted by atomic mass is 9.84. The van der Waals surface area contributed by atoms with Crippen LogP contribution in [0.15, 0.2) is 47.4 Å². The third-order valence-electron chi connectivity index (χ3n) is 5.76. The lowest BCUT2D eigenvalue weighted by molar-refractivity contribution is -0.118. The van der Waals surface area contributed by atoms with E-state index in [4.69, 9.17) is 16.7 Å². The van der Waals surface area contributed by atoms with E-state index >= 15 is 0 Å². The smallest absolute Gasteiger partial charge is 0.240 e. The van der Waals surface area contributed by atoms with Crippen LogP contribution in [0.2, 0.25) is 5.02 Å². The number of anilines is 1. The summed E-state index contributed by atoms with van der Waals surface area (Å²) in [6, 6.07) is 12.4. The van der Waals surface area contributed by atoms with Crippen LogP contribution in [0.4, 0.5) is 5.69 Å². The van der Waals surface area contributed by atoms with Gasteiger partial charge >= 0.3 is 0 Å². The molecule has 0 aromatic heterocycles. The Kier molecular flexibility index (Phi) is 6.33. The number of nitrogens with zero attached hydrogens (tertiary/aromatic N) is 1. The first-order chi connectivity index (χ1) is 13.7. The largest absolute Gasteiger partial charge is 0.311 e. The highest BCUT2D eigenvalue weighted by Crippen LogP contribution is 2.32. The summed E-state index contributed by atoms with van der Waals surface area (Å²) < 4.78 is 23.1. The van der Waals surface area contributed by atoms with Crippen molar-refractivity contribution in [1.82, 2.24) is 5.32 Å². The van der Waals surface area contributed by atoms with Crippen LogP contribution in [-0.2, 0) is 26.8 Å². The summed E-state index contributed by atoms with van der Waals surface area (Å²) in [5, 5.41) is 9.35. The fraction of sp³-hybridized carbons (Fsp3) is 0.381. The second-order valence-electron chi connectivity index (χ2n) is 7.28. The van der Waals surface area contributed by atoms with Crippen LogP contribution in [-0.4, -0.2) is 27.4 Å². The van der Waals surface area contributed by atoms with Crippen LogP contribution >= 0.6 is 11.6 Å². The third-order valence-corrected chi connectivity index (χ3v) is 6.92. The number of benzene rings is 2. The third kappa shape index (κ3) is 4.48. The summed E-state index contributed by atoms with van der Waals surface area (Å²) in [4.78, 5) is 14.7. The Hall–Kier alpha value is -1.93. The number of nitrogens with two attached hydrogens (primary N) is 1. The maximum absolute atomic E-state index is 13.0. The van der Waals surface area contributed by atoms with Gasteiger partial charge in [-0.25, -0.2) is 13.6 Å². The molecule has 1 amide bonds. The number of carbonyl (C=O) groups excluding carboxylic acids is 1. The van der Waals surface area contributed by atoms with Crippen molar-refractivity contribution in [2.45, 2.75) is 43.5 Å². The first-order valence-electron chi connectivity index (χ1n) is 9.67.